The molecular weight excluding hydrogens is 266 g/mol. The summed E-state index contributed by atoms with van der Waals surface area (Å²) < 4.78 is 0. The molecule has 1 aliphatic heterocycles. The number of likely N-dealkylation sites (tertiary alicyclic amines) is 1. The second-order valence-electron chi connectivity index (χ2n) is 5.94. The summed E-state index contributed by atoms with van der Waals surface area (Å²) in [5, 5.41) is 11.0. The van der Waals surface area contributed by atoms with Crippen molar-refractivity contribution >= 4 is 5.69 Å². The van der Waals surface area contributed by atoms with E-state index < -0.39 is 0 Å². The quantitative estimate of drug-likeness (QED) is 0.667. The lowest BCUT2D eigenvalue weighted by Crippen LogP contribution is -2.50. The average Bonchev–Trinajstić information content (AvgIpc) is 2.48. The summed E-state index contributed by atoms with van der Waals surface area (Å²) in [6, 6.07) is 7.73. The van der Waals surface area contributed by atoms with E-state index in [1.54, 1.807) is 18.2 Å². The Labute approximate surface area is 126 Å². The molecule has 0 spiro atoms. The Morgan fingerprint density at radius 2 is 2.24 bits per heavy atom. The van der Waals surface area contributed by atoms with Gasteiger partial charge in [-0.15, -0.1) is 0 Å². The van der Waals surface area contributed by atoms with Crippen LogP contribution in [0.5, 0.6) is 0 Å². The maximum atomic E-state index is 11.0. The van der Waals surface area contributed by atoms with Crippen LogP contribution in [0.15, 0.2) is 24.3 Å². The zero-order valence-electron chi connectivity index (χ0n) is 12.9. The highest BCUT2D eigenvalue weighted by Crippen LogP contribution is 2.33. The van der Waals surface area contributed by atoms with Crippen molar-refractivity contribution in [3.63, 3.8) is 0 Å². The molecule has 2 rings (SSSR count). The number of hydrogen-bond donors (Lipinski definition) is 1. The molecule has 1 aromatic carbocycles. The molecule has 1 heterocycles. The first-order valence-electron chi connectivity index (χ1n) is 7.80. The van der Waals surface area contributed by atoms with E-state index >= 15 is 0 Å². The van der Waals surface area contributed by atoms with Crippen LogP contribution in [-0.2, 0) is 0 Å². The van der Waals surface area contributed by atoms with Crippen molar-refractivity contribution in [1.29, 1.82) is 0 Å². The third kappa shape index (κ3) is 3.60. The van der Waals surface area contributed by atoms with E-state index in [1.165, 1.54) is 12.8 Å². The van der Waals surface area contributed by atoms with Gasteiger partial charge in [0.25, 0.3) is 5.69 Å². The van der Waals surface area contributed by atoms with Crippen LogP contribution in [0.4, 0.5) is 5.69 Å². The van der Waals surface area contributed by atoms with Gasteiger partial charge in [-0.2, -0.15) is 0 Å². The molecule has 5 nitrogen and oxygen atoms in total. The van der Waals surface area contributed by atoms with Crippen molar-refractivity contribution in [3.8, 4) is 0 Å². The normalized spacial score (nSPS) is 22.7. The van der Waals surface area contributed by atoms with Crippen LogP contribution in [0, 0.1) is 10.1 Å². The number of rotatable bonds is 5. The highest BCUT2D eigenvalue weighted by atomic mass is 16.6. The molecular formula is C16H25N3O2. The van der Waals surface area contributed by atoms with E-state index in [4.69, 9.17) is 5.73 Å². The van der Waals surface area contributed by atoms with Crippen LogP contribution in [0.2, 0.25) is 0 Å². The molecule has 1 saturated heterocycles. The maximum Gasteiger partial charge on any atom is 0.269 e. The van der Waals surface area contributed by atoms with Crippen LogP contribution < -0.4 is 5.73 Å². The van der Waals surface area contributed by atoms with Gasteiger partial charge < -0.3 is 5.73 Å². The van der Waals surface area contributed by atoms with Crippen LogP contribution in [-0.4, -0.2) is 28.5 Å². The van der Waals surface area contributed by atoms with Crippen molar-refractivity contribution in [2.75, 3.05) is 6.54 Å². The number of non-ortho nitro benzene ring substituents is 1. The molecule has 0 bridgehead atoms. The van der Waals surface area contributed by atoms with Gasteiger partial charge in [-0.25, -0.2) is 0 Å². The van der Waals surface area contributed by atoms with E-state index in [1.807, 2.05) is 6.07 Å². The van der Waals surface area contributed by atoms with E-state index in [-0.39, 0.29) is 22.7 Å². The molecule has 2 N–H and O–H groups in total. The Hall–Kier alpha value is -1.46. The van der Waals surface area contributed by atoms with Gasteiger partial charge in [0, 0.05) is 30.3 Å². The summed E-state index contributed by atoms with van der Waals surface area (Å²) in [6.45, 7) is 5.22. The highest BCUT2D eigenvalue weighted by molar-refractivity contribution is 5.36. The molecule has 1 aliphatic rings. The number of nitrogens with zero attached hydrogens (tertiary/aromatic N) is 2. The minimum atomic E-state index is -0.324. The molecule has 3 unspecified atom stereocenters. The summed E-state index contributed by atoms with van der Waals surface area (Å²) in [5.41, 5.74) is 7.35. The molecule has 21 heavy (non-hydrogen) atoms. The predicted molar refractivity (Wildman–Crippen MR) is 84.1 cm³/mol. The molecule has 0 amide bonds. The Balaban J connectivity index is 2.29. The largest absolute Gasteiger partial charge is 0.327 e. The first kappa shape index (κ1) is 15.9. The first-order valence-corrected chi connectivity index (χ1v) is 7.80. The molecule has 0 radical (unpaired) electrons. The fourth-order valence-electron chi connectivity index (χ4n) is 3.44. The summed E-state index contributed by atoms with van der Waals surface area (Å²) in [5.74, 6) is 0. The van der Waals surface area contributed by atoms with Crippen molar-refractivity contribution < 1.29 is 4.92 Å². The fraction of sp³-hybridized carbons (Fsp3) is 0.625. The SMILES string of the molecule is CCC(c1cccc([N+](=O)[O-])c1)N1CCCCC1C(C)N. The molecule has 0 aromatic heterocycles. The zero-order valence-corrected chi connectivity index (χ0v) is 12.9. The van der Waals surface area contributed by atoms with Crippen molar-refractivity contribution in [2.24, 2.45) is 5.73 Å². The zero-order chi connectivity index (χ0) is 15.4. The first-order chi connectivity index (χ1) is 10.0. The topological polar surface area (TPSA) is 72.4 Å². The summed E-state index contributed by atoms with van der Waals surface area (Å²) in [4.78, 5) is 13.1. The van der Waals surface area contributed by atoms with E-state index in [0.717, 1.165) is 24.9 Å². The van der Waals surface area contributed by atoms with Crippen molar-refractivity contribution in [2.45, 2.75) is 57.7 Å². The van der Waals surface area contributed by atoms with Gasteiger partial charge in [0.1, 0.15) is 0 Å². The van der Waals surface area contributed by atoms with Crippen LogP contribution in [0.3, 0.4) is 0 Å². The molecule has 0 saturated carbocycles. The Morgan fingerprint density at radius 1 is 1.48 bits per heavy atom. The monoisotopic (exact) mass is 291 g/mol. The van der Waals surface area contributed by atoms with Gasteiger partial charge in [0.15, 0.2) is 0 Å². The van der Waals surface area contributed by atoms with Gasteiger partial charge in [0.05, 0.1) is 4.92 Å². The van der Waals surface area contributed by atoms with Crippen molar-refractivity contribution in [3.05, 3.63) is 39.9 Å². The number of nitrogens with two attached hydrogens (primary N) is 1. The van der Waals surface area contributed by atoms with Crippen LogP contribution >= 0.6 is 0 Å². The molecule has 1 fully saturated rings. The second kappa shape index (κ2) is 7.00. The van der Waals surface area contributed by atoms with Gasteiger partial charge >= 0.3 is 0 Å². The second-order valence-corrected chi connectivity index (χ2v) is 5.94. The number of hydrogen-bond acceptors (Lipinski definition) is 4. The minimum absolute atomic E-state index is 0.123. The summed E-state index contributed by atoms with van der Waals surface area (Å²) in [6.07, 6.45) is 4.44. The molecule has 116 valence electrons. The standard InChI is InChI=1S/C16H25N3O2/c1-3-15(13-7-6-8-14(11-13)19(20)21)18-10-5-4-9-16(18)12(2)17/h6-8,11-12,15-16H,3-5,9-10,17H2,1-2H3. The summed E-state index contributed by atoms with van der Waals surface area (Å²) >= 11 is 0. The van der Waals surface area contributed by atoms with E-state index in [2.05, 4.69) is 18.7 Å². The Bertz CT molecular complexity index is 490. The lowest BCUT2D eigenvalue weighted by molar-refractivity contribution is -0.385. The smallest absolute Gasteiger partial charge is 0.269 e. The molecule has 0 aliphatic carbocycles. The summed E-state index contributed by atoms with van der Waals surface area (Å²) in [7, 11) is 0. The number of nitro groups is 1. The lowest BCUT2D eigenvalue weighted by Gasteiger charge is -2.43. The predicted octanol–water partition coefficient (Wildman–Crippen LogP) is 3.25. The van der Waals surface area contributed by atoms with Crippen LogP contribution in [0.1, 0.15) is 51.1 Å². The highest BCUT2D eigenvalue weighted by Gasteiger charge is 2.31. The van der Waals surface area contributed by atoms with E-state index in [9.17, 15) is 10.1 Å². The Kier molecular flexibility index (Phi) is 5.31. The molecule has 5 heteroatoms. The van der Waals surface area contributed by atoms with Crippen molar-refractivity contribution in [1.82, 2.24) is 4.90 Å². The molecule has 3 atom stereocenters. The fourth-order valence-corrected chi connectivity index (χ4v) is 3.44. The lowest BCUT2D eigenvalue weighted by atomic mass is 9.91. The maximum absolute atomic E-state index is 11.0. The van der Waals surface area contributed by atoms with Gasteiger partial charge in [0.2, 0.25) is 0 Å². The van der Waals surface area contributed by atoms with Gasteiger partial charge in [-0.3, -0.25) is 15.0 Å². The van der Waals surface area contributed by atoms with Gasteiger partial charge in [-0.05, 0) is 38.3 Å². The van der Waals surface area contributed by atoms with E-state index in [0.29, 0.717) is 6.04 Å². The van der Waals surface area contributed by atoms with Gasteiger partial charge in [-0.1, -0.05) is 25.5 Å². The average molecular weight is 291 g/mol. The molecule has 1 aromatic rings. The Morgan fingerprint density at radius 3 is 2.86 bits per heavy atom. The number of nitro benzene ring substituents is 1. The third-order valence-electron chi connectivity index (χ3n) is 4.45. The third-order valence-corrected chi connectivity index (χ3v) is 4.45. The number of piperidine rings is 1. The minimum Gasteiger partial charge on any atom is -0.327 e. The van der Waals surface area contributed by atoms with Crippen LogP contribution in [0.25, 0.3) is 0 Å². The number of benzene rings is 1.